The molecular weight excluding hydrogens is 435 g/mol. The van der Waals surface area contributed by atoms with Crippen molar-refractivity contribution in [2.45, 2.75) is 32.0 Å². The molecule has 1 aromatic heterocycles. The third kappa shape index (κ3) is 6.03. The average Bonchev–Trinajstić information content (AvgIpc) is 2.70. The van der Waals surface area contributed by atoms with Gasteiger partial charge in [0, 0.05) is 19.5 Å². The molecule has 0 saturated heterocycles. The van der Waals surface area contributed by atoms with E-state index in [0.717, 1.165) is 24.0 Å². The number of carbonyl (C=O) groups excluding carboxylic acids is 2. The molecule has 1 atom stereocenters. The van der Waals surface area contributed by atoms with E-state index in [4.69, 9.17) is 5.11 Å². The zero-order chi connectivity index (χ0) is 24.1. The van der Waals surface area contributed by atoms with Crippen LogP contribution < -0.4 is 10.2 Å². The molecule has 2 amide bonds. The van der Waals surface area contributed by atoms with Gasteiger partial charge in [0.25, 0.3) is 5.91 Å². The molecule has 0 bridgehead atoms. The summed E-state index contributed by atoms with van der Waals surface area (Å²) in [5, 5.41) is 20.1. The molecule has 0 radical (unpaired) electrons. The lowest BCUT2D eigenvalue weighted by molar-refractivity contribution is -0.141. The fourth-order valence-electron chi connectivity index (χ4n) is 2.79. The Morgan fingerprint density at radius 2 is 1.81 bits per heavy atom. The minimum Gasteiger partial charge on any atom is -0.481 e. The SMILES string of the molecule is CC(=O)N(c1cccc(C(F)(F)F)c1)c1ncccc1C(=O)NC(CCC(=O)O)C(=O)O. The number of rotatable bonds is 8. The van der Waals surface area contributed by atoms with Gasteiger partial charge in [0.1, 0.15) is 6.04 Å². The Morgan fingerprint density at radius 3 is 2.38 bits per heavy atom. The molecule has 0 fully saturated rings. The van der Waals surface area contributed by atoms with Crippen LogP contribution in [0.15, 0.2) is 42.6 Å². The third-order valence-electron chi connectivity index (χ3n) is 4.24. The number of amides is 2. The maximum absolute atomic E-state index is 13.1. The number of anilines is 2. The van der Waals surface area contributed by atoms with E-state index in [0.29, 0.717) is 6.07 Å². The molecule has 1 heterocycles. The number of alkyl halides is 3. The fraction of sp³-hybridized carbons (Fsp3) is 0.250. The molecule has 0 aliphatic carbocycles. The fourth-order valence-corrected chi connectivity index (χ4v) is 2.79. The molecule has 1 unspecified atom stereocenters. The van der Waals surface area contributed by atoms with Gasteiger partial charge in [0.2, 0.25) is 5.91 Å². The summed E-state index contributed by atoms with van der Waals surface area (Å²) in [7, 11) is 0. The second-order valence-electron chi connectivity index (χ2n) is 6.57. The highest BCUT2D eigenvalue weighted by Crippen LogP contribution is 2.34. The zero-order valence-corrected chi connectivity index (χ0v) is 16.6. The summed E-state index contributed by atoms with van der Waals surface area (Å²) in [6.45, 7) is 1.06. The Hall–Kier alpha value is -3.96. The van der Waals surface area contributed by atoms with Crippen LogP contribution in [0.5, 0.6) is 0 Å². The van der Waals surface area contributed by atoms with Gasteiger partial charge in [-0.15, -0.1) is 0 Å². The molecule has 9 nitrogen and oxygen atoms in total. The topological polar surface area (TPSA) is 137 Å². The number of hydrogen-bond donors (Lipinski definition) is 3. The van der Waals surface area contributed by atoms with Crippen molar-refractivity contribution in [2.24, 2.45) is 0 Å². The van der Waals surface area contributed by atoms with Crippen LogP contribution in [0.4, 0.5) is 24.7 Å². The van der Waals surface area contributed by atoms with Crippen LogP contribution in [-0.2, 0) is 20.6 Å². The Kier molecular flexibility index (Phi) is 7.52. The van der Waals surface area contributed by atoms with E-state index in [1.807, 2.05) is 0 Å². The first-order valence-corrected chi connectivity index (χ1v) is 9.10. The minimum atomic E-state index is -4.68. The van der Waals surface area contributed by atoms with E-state index in [1.165, 1.54) is 24.4 Å². The second kappa shape index (κ2) is 9.90. The van der Waals surface area contributed by atoms with Crippen molar-refractivity contribution in [3.8, 4) is 0 Å². The average molecular weight is 453 g/mol. The molecule has 170 valence electrons. The summed E-state index contributed by atoms with van der Waals surface area (Å²) in [6.07, 6.45) is -4.41. The minimum absolute atomic E-state index is 0.208. The number of carboxylic acids is 2. The second-order valence-corrected chi connectivity index (χ2v) is 6.57. The standard InChI is InChI=1S/C20H18F3N3O6/c1-11(27)26(13-5-2-4-12(10-13)20(21,22)23)17-14(6-3-9-24-17)18(30)25-15(19(31)32)7-8-16(28)29/h2-6,9-10,15H,7-8H2,1H3,(H,25,30)(H,28,29)(H,31,32). The number of halogens is 3. The molecule has 12 heteroatoms. The molecular formula is C20H18F3N3O6. The number of hydrogen-bond acceptors (Lipinski definition) is 5. The molecule has 0 spiro atoms. The largest absolute Gasteiger partial charge is 0.481 e. The van der Waals surface area contributed by atoms with Gasteiger partial charge in [-0.2, -0.15) is 13.2 Å². The van der Waals surface area contributed by atoms with Crippen LogP contribution in [-0.4, -0.2) is 45.0 Å². The number of nitrogens with one attached hydrogen (secondary N) is 1. The van der Waals surface area contributed by atoms with Crippen molar-refractivity contribution in [3.63, 3.8) is 0 Å². The van der Waals surface area contributed by atoms with Crippen molar-refractivity contribution < 1.29 is 42.6 Å². The van der Waals surface area contributed by atoms with Crippen LogP contribution >= 0.6 is 0 Å². The van der Waals surface area contributed by atoms with Crippen LogP contribution in [0, 0.1) is 0 Å². The Bertz CT molecular complexity index is 1040. The number of nitrogens with zero attached hydrogens (tertiary/aromatic N) is 2. The third-order valence-corrected chi connectivity index (χ3v) is 4.24. The van der Waals surface area contributed by atoms with E-state index in [1.54, 1.807) is 0 Å². The Balaban J connectivity index is 2.46. The summed E-state index contributed by atoms with van der Waals surface area (Å²) in [6, 6.07) is 4.81. The first-order chi connectivity index (χ1) is 14.9. The number of aromatic nitrogens is 1. The Labute approximate surface area is 179 Å². The van der Waals surface area contributed by atoms with E-state index in [2.05, 4.69) is 10.3 Å². The monoisotopic (exact) mass is 453 g/mol. The first kappa shape index (κ1) is 24.3. The van der Waals surface area contributed by atoms with Crippen molar-refractivity contribution >= 4 is 35.3 Å². The number of aliphatic carboxylic acids is 2. The zero-order valence-electron chi connectivity index (χ0n) is 16.6. The normalized spacial score (nSPS) is 12.0. The number of carboxylic acid groups (broad SMARTS) is 2. The highest BCUT2D eigenvalue weighted by molar-refractivity contribution is 6.07. The van der Waals surface area contributed by atoms with Gasteiger partial charge in [0.05, 0.1) is 16.8 Å². The van der Waals surface area contributed by atoms with Gasteiger partial charge < -0.3 is 15.5 Å². The molecule has 2 rings (SSSR count). The van der Waals surface area contributed by atoms with Crippen molar-refractivity contribution in [2.75, 3.05) is 4.90 Å². The summed E-state index contributed by atoms with van der Waals surface area (Å²) < 4.78 is 39.3. The van der Waals surface area contributed by atoms with Crippen LogP contribution in [0.25, 0.3) is 0 Å². The van der Waals surface area contributed by atoms with E-state index in [-0.39, 0.29) is 17.1 Å². The van der Waals surface area contributed by atoms with Gasteiger partial charge in [-0.05, 0) is 36.8 Å². The van der Waals surface area contributed by atoms with Crippen molar-refractivity contribution in [1.29, 1.82) is 0 Å². The molecule has 0 aliphatic rings. The maximum Gasteiger partial charge on any atom is 0.416 e. The summed E-state index contributed by atoms with van der Waals surface area (Å²) >= 11 is 0. The Morgan fingerprint density at radius 1 is 1.12 bits per heavy atom. The van der Waals surface area contributed by atoms with E-state index < -0.39 is 54.4 Å². The predicted molar refractivity (Wildman–Crippen MR) is 104 cm³/mol. The summed E-state index contributed by atoms with van der Waals surface area (Å²) in [4.78, 5) is 51.8. The van der Waals surface area contributed by atoms with Gasteiger partial charge in [0.15, 0.2) is 5.82 Å². The number of benzene rings is 1. The number of pyridine rings is 1. The van der Waals surface area contributed by atoms with Crippen molar-refractivity contribution in [3.05, 3.63) is 53.7 Å². The van der Waals surface area contributed by atoms with Crippen molar-refractivity contribution in [1.82, 2.24) is 10.3 Å². The first-order valence-electron chi connectivity index (χ1n) is 9.10. The van der Waals surface area contributed by atoms with Gasteiger partial charge in [-0.3, -0.25) is 19.3 Å². The van der Waals surface area contributed by atoms with Gasteiger partial charge in [-0.25, -0.2) is 9.78 Å². The lowest BCUT2D eigenvalue weighted by Crippen LogP contribution is -2.41. The number of carbonyl (C=O) groups is 4. The molecule has 0 saturated carbocycles. The molecule has 3 N–H and O–H groups in total. The predicted octanol–water partition coefficient (Wildman–Crippen LogP) is 2.83. The van der Waals surface area contributed by atoms with E-state index in [9.17, 15) is 37.5 Å². The smallest absolute Gasteiger partial charge is 0.416 e. The highest BCUT2D eigenvalue weighted by atomic mass is 19.4. The van der Waals surface area contributed by atoms with Gasteiger partial charge in [-0.1, -0.05) is 6.07 Å². The molecule has 32 heavy (non-hydrogen) atoms. The maximum atomic E-state index is 13.1. The molecule has 0 aliphatic heterocycles. The van der Waals surface area contributed by atoms with Crippen LogP contribution in [0.1, 0.15) is 35.7 Å². The highest BCUT2D eigenvalue weighted by Gasteiger charge is 2.32. The van der Waals surface area contributed by atoms with Crippen LogP contribution in [0.3, 0.4) is 0 Å². The molecule has 1 aromatic carbocycles. The lowest BCUT2D eigenvalue weighted by atomic mass is 10.1. The lowest BCUT2D eigenvalue weighted by Gasteiger charge is -2.24. The van der Waals surface area contributed by atoms with E-state index >= 15 is 0 Å². The summed E-state index contributed by atoms with van der Waals surface area (Å²) in [5.74, 6) is -4.81. The summed E-state index contributed by atoms with van der Waals surface area (Å²) in [5.41, 5.74) is -1.52. The van der Waals surface area contributed by atoms with Gasteiger partial charge >= 0.3 is 18.1 Å². The van der Waals surface area contributed by atoms with Crippen LogP contribution in [0.2, 0.25) is 0 Å². The quantitative estimate of drug-likeness (QED) is 0.559. The molecule has 2 aromatic rings.